The highest BCUT2D eigenvalue weighted by Gasteiger charge is 2.39. The lowest BCUT2D eigenvalue weighted by Crippen LogP contribution is -2.44. The molecule has 0 saturated carbocycles. The number of esters is 1. The minimum atomic E-state index is -1.94. The number of hydrogen-bond donors (Lipinski definition) is 1. The van der Waals surface area contributed by atoms with Crippen molar-refractivity contribution in [3.63, 3.8) is 0 Å². The molecule has 0 unspecified atom stereocenters. The van der Waals surface area contributed by atoms with Crippen molar-refractivity contribution in [2.24, 2.45) is 0 Å². The summed E-state index contributed by atoms with van der Waals surface area (Å²) in [6.07, 6.45) is -0.0948. The first-order valence-corrected chi connectivity index (χ1v) is 10.5. The summed E-state index contributed by atoms with van der Waals surface area (Å²) in [4.78, 5) is 11.1. The van der Waals surface area contributed by atoms with Crippen molar-refractivity contribution in [1.29, 1.82) is 0 Å². The molecule has 0 aliphatic carbocycles. The van der Waals surface area contributed by atoms with E-state index in [4.69, 9.17) is 9.16 Å². The van der Waals surface area contributed by atoms with Crippen molar-refractivity contribution in [2.75, 3.05) is 6.61 Å². The molecule has 5 heteroatoms. The summed E-state index contributed by atoms with van der Waals surface area (Å²) in [7, 11) is -1.94. The molecule has 1 aromatic rings. The minimum Gasteiger partial charge on any atom is -0.543 e. The Hall–Kier alpha value is -1.33. The van der Waals surface area contributed by atoms with Crippen LogP contribution in [0.2, 0.25) is 18.1 Å². The number of hydrogen-bond acceptors (Lipinski definition) is 4. The molecule has 0 bridgehead atoms. The van der Waals surface area contributed by atoms with E-state index < -0.39 is 14.4 Å². The lowest BCUT2D eigenvalue weighted by molar-refractivity contribution is -0.148. The van der Waals surface area contributed by atoms with Gasteiger partial charge in [0.15, 0.2) is 0 Å². The normalized spacial score (nSPS) is 13.6. The van der Waals surface area contributed by atoms with Crippen molar-refractivity contribution >= 4 is 14.3 Å². The van der Waals surface area contributed by atoms with E-state index in [1.165, 1.54) is 6.92 Å². The smallest absolute Gasteiger partial charge is 0.302 e. The van der Waals surface area contributed by atoms with Gasteiger partial charge in [0.05, 0.1) is 6.61 Å². The third kappa shape index (κ3) is 5.14. The summed E-state index contributed by atoms with van der Waals surface area (Å²) in [5.41, 5.74) is 0.952. The second-order valence-electron chi connectivity index (χ2n) is 7.09. The number of ether oxygens (including phenoxy) is 1. The SMILES string of the molecule is CC(=O)O[C@H](CO)Cc1ccccc1O[Si](C)(C)C(C)(C)C. The molecule has 0 spiro atoms. The topological polar surface area (TPSA) is 55.8 Å². The van der Waals surface area contributed by atoms with Gasteiger partial charge in [0, 0.05) is 13.3 Å². The van der Waals surface area contributed by atoms with E-state index in [2.05, 4.69) is 33.9 Å². The molecule has 22 heavy (non-hydrogen) atoms. The summed E-state index contributed by atoms with van der Waals surface area (Å²) >= 11 is 0. The van der Waals surface area contributed by atoms with Crippen LogP contribution < -0.4 is 4.43 Å². The zero-order valence-electron chi connectivity index (χ0n) is 14.5. The maximum atomic E-state index is 11.1. The van der Waals surface area contributed by atoms with Gasteiger partial charge in [-0.05, 0) is 29.8 Å². The van der Waals surface area contributed by atoms with Gasteiger partial charge in [-0.15, -0.1) is 0 Å². The van der Waals surface area contributed by atoms with Gasteiger partial charge in [0.1, 0.15) is 11.9 Å². The predicted octanol–water partition coefficient (Wildman–Crippen LogP) is 3.54. The second kappa shape index (κ2) is 7.29. The number of rotatable bonds is 6. The van der Waals surface area contributed by atoms with E-state index in [9.17, 15) is 9.90 Å². The van der Waals surface area contributed by atoms with Gasteiger partial charge in [-0.2, -0.15) is 0 Å². The van der Waals surface area contributed by atoms with E-state index in [-0.39, 0.29) is 17.6 Å². The molecule has 0 aliphatic rings. The first-order chi connectivity index (χ1) is 10.1. The van der Waals surface area contributed by atoms with Crippen LogP contribution in [0.4, 0.5) is 0 Å². The Morgan fingerprint density at radius 3 is 2.36 bits per heavy atom. The van der Waals surface area contributed by atoms with E-state index in [1.807, 2.05) is 24.3 Å². The van der Waals surface area contributed by atoms with Gasteiger partial charge < -0.3 is 14.3 Å². The molecular formula is C17H28O4Si. The van der Waals surface area contributed by atoms with Crippen LogP contribution in [0.15, 0.2) is 24.3 Å². The van der Waals surface area contributed by atoms with Gasteiger partial charge in [0.2, 0.25) is 8.32 Å². The zero-order valence-corrected chi connectivity index (χ0v) is 15.5. The van der Waals surface area contributed by atoms with Crippen LogP contribution in [0.1, 0.15) is 33.3 Å². The van der Waals surface area contributed by atoms with Gasteiger partial charge in [0.25, 0.3) is 0 Å². The highest BCUT2D eigenvalue weighted by molar-refractivity contribution is 6.74. The summed E-state index contributed by atoms with van der Waals surface area (Å²) in [5.74, 6) is 0.432. The maximum Gasteiger partial charge on any atom is 0.302 e. The van der Waals surface area contributed by atoms with Crippen LogP contribution in [-0.2, 0) is 16.0 Å². The number of carbonyl (C=O) groups excluding carboxylic acids is 1. The highest BCUT2D eigenvalue weighted by Crippen LogP contribution is 2.38. The fourth-order valence-corrected chi connectivity index (χ4v) is 2.88. The molecule has 0 heterocycles. The van der Waals surface area contributed by atoms with E-state index in [0.29, 0.717) is 6.42 Å². The molecule has 1 aromatic carbocycles. The molecule has 0 amide bonds. The van der Waals surface area contributed by atoms with Crippen molar-refractivity contribution in [3.05, 3.63) is 29.8 Å². The van der Waals surface area contributed by atoms with Crippen LogP contribution in [0.3, 0.4) is 0 Å². The molecule has 1 atom stereocenters. The van der Waals surface area contributed by atoms with Crippen molar-refractivity contribution in [1.82, 2.24) is 0 Å². The highest BCUT2D eigenvalue weighted by atomic mass is 28.4. The van der Waals surface area contributed by atoms with Gasteiger partial charge in [-0.25, -0.2) is 0 Å². The Labute approximate surface area is 134 Å². The fourth-order valence-electron chi connectivity index (χ4n) is 1.82. The maximum absolute atomic E-state index is 11.1. The number of carbonyl (C=O) groups is 1. The number of aliphatic hydroxyl groups is 1. The average Bonchev–Trinajstić information content (AvgIpc) is 2.38. The lowest BCUT2D eigenvalue weighted by Gasteiger charge is -2.37. The Bertz CT molecular complexity index is 506. The molecule has 0 radical (unpaired) electrons. The first kappa shape index (κ1) is 18.7. The monoisotopic (exact) mass is 324 g/mol. The van der Waals surface area contributed by atoms with E-state index in [1.54, 1.807) is 0 Å². The van der Waals surface area contributed by atoms with Crippen molar-refractivity contribution in [2.45, 2.75) is 58.4 Å². The Morgan fingerprint density at radius 2 is 1.86 bits per heavy atom. The van der Waals surface area contributed by atoms with Gasteiger partial charge in [-0.3, -0.25) is 4.79 Å². The first-order valence-electron chi connectivity index (χ1n) is 7.62. The molecule has 0 saturated heterocycles. The van der Waals surface area contributed by atoms with E-state index in [0.717, 1.165) is 11.3 Å². The Morgan fingerprint density at radius 1 is 1.27 bits per heavy atom. The molecule has 0 fully saturated rings. The molecule has 1 N–H and O–H groups in total. The standard InChI is InChI=1S/C17H28O4Si/c1-13(19)20-15(12-18)11-14-9-7-8-10-16(14)21-22(5,6)17(2,3)4/h7-10,15,18H,11-12H2,1-6H3/t15-/m0/s1. The van der Waals surface area contributed by atoms with Crippen LogP contribution >= 0.6 is 0 Å². The van der Waals surface area contributed by atoms with Crippen LogP contribution in [-0.4, -0.2) is 32.1 Å². The number of para-hydroxylation sites is 1. The third-order valence-corrected chi connectivity index (χ3v) is 8.47. The van der Waals surface area contributed by atoms with Gasteiger partial charge >= 0.3 is 5.97 Å². The summed E-state index contributed by atoms with van der Waals surface area (Å²) in [5, 5.41) is 9.48. The predicted molar refractivity (Wildman–Crippen MR) is 90.6 cm³/mol. The fraction of sp³-hybridized carbons (Fsp3) is 0.588. The number of aliphatic hydroxyl groups excluding tert-OH is 1. The van der Waals surface area contributed by atoms with Crippen LogP contribution in [0, 0.1) is 0 Å². The molecule has 0 aliphatic heterocycles. The van der Waals surface area contributed by atoms with Crippen LogP contribution in [0.5, 0.6) is 5.75 Å². The minimum absolute atomic E-state index is 0.104. The van der Waals surface area contributed by atoms with E-state index >= 15 is 0 Å². The van der Waals surface area contributed by atoms with Crippen LogP contribution in [0.25, 0.3) is 0 Å². The summed E-state index contributed by atoms with van der Waals surface area (Å²) < 4.78 is 11.5. The molecular weight excluding hydrogens is 296 g/mol. The summed E-state index contributed by atoms with van der Waals surface area (Å²) in [6.45, 7) is 12.1. The zero-order chi connectivity index (χ0) is 17.0. The number of benzene rings is 1. The molecule has 1 rings (SSSR count). The third-order valence-electron chi connectivity index (χ3n) is 4.13. The lowest BCUT2D eigenvalue weighted by atomic mass is 10.1. The molecule has 4 nitrogen and oxygen atoms in total. The second-order valence-corrected chi connectivity index (χ2v) is 11.8. The largest absolute Gasteiger partial charge is 0.543 e. The Balaban J connectivity index is 2.97. The van der Waals surface area contributed by atoms with Crippen molar-refractivity contribution in [3.8, 4) is 5.75 Å². The molecule has 124 valence electrons. The molecule has 0 aromatic heterocycles. The van der Waals surface area contributed by atoms with Crippen molar-refractivity contribution < 1.29 is 19.1 Å². The van der Waals surface area contributed by atoms with Gasteiger partial charge in [-0.1, -0.05) is 39.0 Å². The summed E-state index contributed by atoms with van der Waals surface area (Å²) in [6, 6.07) is 7.76. The average molecular weight is 324 g/mol. The quantitative estimate of drug-likeness (QED) is 0.642. The Kier molecular flexibility index (Phi) is 6.20.